The van der Waals surface area contributed by atoms with Gasteiger partial charge in [0, 0.05) is 18.4 Å². The monoisotopic (exact) mass is 378 g/mol. The van der Waals surface area contributed by atoms with Crippen molar-refractivity contribution in [2.45, 2.75) is 18.9 Å². The molecular weight excluding hydrogens is 356 g/mol. The molecule has 144 valence electrons. The topological polar surface area (TPSA) is 62.6 Å². The van der Waals surface area contributed by atoms with Crippen LogP contribution in [0.25, 0.3) is 16.9 Å². The second-order valence-corrected chi connectivity index (χ2v) is 6.64. The quantitative estimate of drug-likeness (QED) is 0.609. The van der Waals surface area contributed by atoms with Crippen molar-refractivity contribution in [1.82, 2.24) is 9.78 Å². The summed E-state index contributed by atoms with van der Waals surface area (Å²) in [6.07, 6.45) is 3.61. The van der Waals surface area contributed by atoms with Gasteiger partial charge in [0.05, 0.1) is 18.9 Å². The van der Waals surface area contributed by atoms with Crippen LogP contribution in [0.3, 0.4) is 0 Å². The molecule has 0 aliphatic carbocycles. The number of ether oxygens (including phenoxy) is 3. The summed E-state index contributed by atoms with van der Waals surface area (Å²) in [5.41, 5.74) is 2.62. The van der Waals surface area contributed by atoms with Gasteiger partial charge in [0.15, 0.2) is 0 Å². The molecule has 1 aromatic heterocycles. The molecular formula is C22H22N2O4. The Balaban J connectivity index is 1.68. The second-order valence-electron chi connectivity index (χ2n) is 6.64. The van der Waals surface area contributed by atoms with Crippen LogP contribution in [0, 0.1) is 0 Å². The fourth-order valence-electron chi connectivity index (χ4n) is 3.24. The molecule has 3 aromatic rings. The molecule has 2 heterocycles. The van der Waals surface area contributed by atoms with Crippen molar-refractivity contribution in [1.29, 1.82) is 0 Å². The SMILES string of the molecule is COc1cccc(-c2nn(-c3ccccc3)cc2C(=O)OCC2CCCO2)c1. The van der Waals surface area contributed by atoms with E-state index in [9.17, 15) is 4.79 Å². The van der Waals surface area contributed by atoms with Crippen LogP contribution in [0.15, 0.2) is 60.8 Å². The number of carbonyl (C=O) groups excluding carboxylic acids is 1. The molecule has 0 radical (unpaired) electrons. The maximum Gasteiger partial charge on any atom is 0.342 e. The highest BCUT2D eigenvalue weighted by atomic mass is 16.6. The Morgan fingerprint density at radius 3 is 2.82 bits per heavy atom. The number of carbonyl (C=O) groups is 1. The first kappa shape index (κ1) is 18.3. The number of aromatic nitrogens is 2. The van der Waals surface area contributed by atoms with E-state index in [4.69, 9.17) is 14.2 Å². The number of nitrogens with zero attached hydrogens (tertiary/aromatic N) is 2. The molecule has 1 atom stereocenters. The Labute approximate surface area is 163 Å². The minimum Gasteiger partial charge on any atom is -0.497 e. The lowest BCUT2D eigenvalue weighted by atomic mass is 10.1. The van der Waals surface area contributed by atoms with E-state index in [0.29, 0.717) is 17.0 Å². The summed E-state index contributed by atoms with van der Waals surface area (Å²) in [5, 5.41) is 4.66. The van der Waals surface area contributed by atoms with Gasteiger partial charge in [-0.1, -0.05) is 30.3 Å². The molecule has 1 saturated heterocycles. The lowest BCUT2D eigenvalue weighted by Gasteiger charge is -2.10. The summed E-state index contributed by atoms with van der Waals surface area (Å²) in [6.45, 7) is 0.982. The highest BCUT2D eigenvalue weighted by Gasteiger charge is 2.23. The standard InChI is InChI=1S/C22H22N2O4/c1-26-18-10-5-7-16(13-18)21-20(22(25)28-15-19-11-6-12-27-19)14-24(23-21)17-8-3-2-4-9-17/h2-5,7-10,13-14,19H,6,11-12,15H2,1H3. The molecule has 1 unspecified atom stereocenters. The van der Waals surface area contributed by atoms with Gasteiger partial charge in [0.25, 0.3) is 0 Å². The highest BCUT2D eigenvalue weighted by molar-refractivity contribution is 5.96. The Kier molecular flexibility index (Phi) is 5.39. The largest absolute Gasteiger partial charge is 0.497 e. The van der Waals surface area contributed by atoms with Crippen LogP contribution in [0.4, 0.5) is 0 Å². The van der Waals surface area contributed by atoms with E-state index in [1.807, 2.05) is 54.6 Å². The average molecular weight is 378 g/mol. The molecule has 0 spiro atoms. The molecule has 1 aliphatic heterocycles. The van der Waals surface area contributed by atoms with E-state index in [0.717, 1.165) is 30.7 Å². The summed E-state index contributed by atoms with van der Waals surface area (Å²) in [4.78, 5) is 12.8. The zero-order valence-electron chi connectivity index (χ0n) is 15.7. The third-order valence-electron chi connectivity index (χ3n) is 4.72. The Morgan fingerprint density at radius 2 is 2.07 bits per heavy atom. The average Bonchev–Trinajstić information content (AvgIpc) is 3.43. The van der Waals surface area contributed by atoms with Crippen molar-refractivity contribution in [3.8, 4) is 22.7 Å². The van der Waals surface area contributed by atoms with E-state index in [1.54, 1.807) is 18.0 Å². The van der Waals surface area contributed by atoms with Gasteiger partial charge in [-0.3, -0.25) is 0 Å². The number of hydrogen-bond acceptors (Lipinski definition) is 5. The van der Waals surface area contributed by atoms with Gasteiger partial charge in [-0.25, -0.2) is 9.48 Å². The van der Waals surface area contributed by atoms with Crippen molar-refractivity contribution in [2.24, 2.45) is 0 Å². The van der Waals surface area contributed by atoms with E-state index in [2.05, 4.69) is 5.10 Å². The number of methoxy groups -OCH3 is 1. The molecule has 0 amide bonds. The third kappa shape index (κ3) is 3.92. The second kappa shape index (κ2) is 8.27. The van der Waals surface area contributed by atoms with Crippen LogP contribution in [-0.4, -0.2) is 42.2 Å². The molecule has 28 heavy (non-hydrogen) atoms. The molecule has 0 bridgehead atoms. The Hall–Kier alpha value is -3.12. The summed E-state index contributed by atoms with van der Waals surface area (Å²) < 4.78 is 18.1. The van der Waals surface area contributed by atoms with Gasteiger partial charge < -0.3 is 14.2 Å². The van der Waals surface area contributed by atoms with Gasteiger partial charge >= 0.3 is 5.97 Å². The fourth-order valence-corrected chi connectivity index (χ4v) is 3.24. The van der Waals surface area contributed by atoms with E-state index in [1.165, 1.54) is 0 Å². The maximum atomic E-state index is 12.8. The lowest BCUT2D eigenvalue weighted by Crippen LogP contribution is -2.18. The van der Waals surface area contributed by atoms with Crippen molar-refractivity contribution in [3.05, 3.63) is 66.4 Å². The molecule has 0 N–H and O–H groups in total. The number of rotatable bonds is 6. The van der Waals surface area contributed by atoms with E-state index in [-0.39, 0.29) is 12.7 Å². The van der Waals surface area contributed by atoms with Gasteiger partial charge in [0.2, 0.25) is 0 Å². The number of esters is 1. The summed E-state index contributed by atoms with van der Waals surface area (Å²) in [6, 6.07) is 17.1. The maximum absolute atomic E-state index is 12.8. The third-order valence-corrected chi connectivity index (χ3v) is 4.72. The molecule has 4 rings (SSSR count). The number of hydrogen-bond donors (Lipinski definition) is 0. The molecule has 6 nitrogen and oxygen atoms in total. The first-order chi connectivity index (χ1) is 13.7. The van der Waals surface area contributed by atoms with Gasteiger partial charge in [0.1, 0.15) is 23.6 Å². The molecule has 1 fully saturated rings. The molecule has 2 aromatic carbocycles. The minimum atomic E-state index is -0.407. The van der Waals surface area contributed by atoms with Gasteiger partial charge in [-0.15, -0.1) is 0 Å². The normalized spacial score (nSPS) is 16.1. The zero-order chi connectivity index (χ0) is 19.3. The fraction of sp³-hybridized carbons (Fsp3) is 0.273. The Morgan fingerprint density at radius 1 is 1.21 bits per heavy atom. The van der Waals surface area contributed by atoms with Gasteiger partial charge in [-0.05, 0) is 37.1 Å². The van der Waals surface area contributed by atoms with E-state index >= 15 is 0 Å². The van der Waals surface area contributed by atoms with Gasteiger partial charge in [-0.2, -0.15) is 5.10 Å². The molecule has 1 aliphatic rings. The van der Waals surface area contributed by atoms with Crippen molar-refractivity contribution >= 4 is 5.97 Å². The predicted molar refractivity (Wildman–Crippen MR) is 105 cm³/mol. The van der Waals surface area contributed by atoms with Crippen molar-refractivity contribution in [3.63, 3.8) is 0 Å². The zero-order valence-corrected chi connectivity index (χ0v) is 15.7. The summed E-state index contributed by atoms with van der Waals surface area (Å²) >= 11 is 0. The van der Waals surface area contributed by atoms with Crippen molar-refractivity contribution in [2.75, 3.05) is 20.3 Å². The lowest BCUT2D eigenvalue weighted by molar-refractivity contribution is 0.0162. The first-order valence-corrected chi connectivity index (χ1v) is 9.33. The highest BCUT2D eigenvalue weighted by Crippen LogP contribution is 2.27. The minimum absolute atomic E-state index is 0.0200. The summed E-state index contributed by atoms with van der Waals surface area (Å²) in [5.74, 6) is 0.293. The number of para-hydroxylation sites is 1. The first-order valence-electron chi connectivity index (χ1n) is 9.33. The van der Waals surface area contributed by atoms with Crippen LogP contribution in [0.2, 0.25) is 0 Å². The summed E-state index contributed by atoms with van der Waals surface area (Å²) in [7, 11) is 1.61. The number of benzene rings is 2. The van der Waals surface area contributed by atoms with Crippen LogP contribution < -0.4 is 4.74 Å². The molecule has 6 heteroatoms. The van der Waals surface area contributed by atoms with Crippen LogP contribution in [0.5, 0.6) is 5.75 Å². The van der Waals surface area contributed by atoms with Crippen LogP contribution in [0.1, 0.15) is 23.2 Å². The smallest absolute Gasteiger partial charge is 0.342 e. The predicted octanol–water partition coefficient (Wildman–Crippen LogP) is 3.88. The van der Waals surface area contributed by atoms with Crippen LogP contribution >= 0.6 is 0 Å². The molecule has 0 saturated carbocycles. The van der Waals surface area contributed by atoms with Crippen molar-refractivity contribution < 1.29 is 19.0 Å². The Bertz CT molecular complexity index is 946. The van der Waals surface area contributed by atoms with Crippen LogP contribution in [-0.2, 0) is 9.47 Å². The van der Waals surface area contributed by atoms with E-state index < -0.39 is 5.97 Å².